The monoisotopic (exact) mass is 367 g/mol. The predicted molar refractivity (Wildman–Crippen MR) is 104 cm³/mol. The van der Waals surface area contributed by atoms with E-state index in [1.54, 1.807) is 24.3 Å². The van der Waals surface area contributed by atoms with E-state index in [-0.39, 0.29) is 5.91 Å². The lowest BCUT2D eigenvalue weighted by Gasteiger charge is -2.07. The average Bonchev–Trinajstić information content (AvgIpc) is 3.11. The second kappa shape index (κ2) is 9.19. The van der Waals surface area contributed by atoms with Gasteiger partial charge in [0.25, 0.3) is 5.91 Å². The molecular formula is C21H25N3O3. The summed E-state index contributed by atoms with van der Waals surface area (Å²) in [7, 11) is 0. The number of pyridine rings is 1. The topological polar surface area (TPSA) is 64.9 Å². The Hall–Kier alpha value is -2.86. The molecule has 0 aliphatic heterocycles. The molecule has 3 rings (SSSR count). The van der Waals surface area contributed by atoms with Crippen molar-refractivity contribution < 1.29 is 14.3 Å². The molecule has 1 amide bonds. The number of fused-ring (bicyclic) bond motifs is 1. The van der Waals surface area contributed by atoms with Gasteiger partial charge in [-0.05, 0) is 56.2 Å². The number of nitrogens with zero attached hydrogens (tertiary/aromatic N) is 2. The Morgan fingerprint density at radius 2 is 2.04 bits per heavy atom. The van der Waals surface area contributed by atoms with Crippen LogP contribution in [-0.4, -0.2) is 35.1 Å². The van der Waals surface area contributed by atoms with E-state index >= 15 is 0 Å². The van der Waals surface area contributed by atoms with Crippen molar-refractivity contribution in [1.29, 1.82) is 0 Å². The molecule has 0 aliphatic rings. The van der Waals surface area contributed by atoms with Crippen molar-refractivity contribution in [3.05, 3.63) is 65.6 Å². The Labute approximate surface area is 159 Å². The van der Waals surface area contributed by atoms with Crippen LogP contribution < -0.4 is 10.1 Å². The van der Waals surface area contributed by atoms with Crippen LogP contribution in [0.5, 0.6) is 5.75 Å². The summed E-state index contributed by atoms with van der Waals surface area (Å²) >= 11 is 0. The first-order valence-electron chi connectivity index (χ1n) is 9.19. The maximum Gasteiger partial charge on any atom is 0.251 e. The van der Waals surface area contributed by atoms with E-state index in [9.17, 15) is 4.79 Å². The summed E-state index contributed by atoms with van der Waals surface area (Å²) in [6.45, 7) is 6.33. The van der Waals surface area contributed by atoms with Crippen LogP contribution in [0.2, 0.25) is 0 Å². The third-order valence-corrected chi connectivity index (χ3v) is 4.19. The maximum atomic E-state index is 12.1. The van der Waals surface area contributed by atoms with E-state index in [0.717, 1.165) is 23.3 Å². The van der Waals surface area contributed by atoms with Gasteiger partial charge in [0.05, 0.1) is 5.69 Å². The van der Waals surface area contributed by atoms with Gasteiger partial charge < -0.3 is 19.2 Å². The first-order valence-corrected chi connectivity index (χ1v) is 9.19. The Bertz CT molecular complexity index is 887. The second-order valence-electron chi connectivity index (χ2n) is 6.27. The summed E-state index contributed by atoms with van der Waals surface area (Å²) in [4.78, 5) is 16.7. The summed E-state index contributed by atoms with van der Waals surface area (Å²) < 4.78 is 13.0. The number of carbonyl (C=O) groups is 1. The molecule has 0 saturated carbocycles. The number of hydrogen-bond donors (Lipinski definition) is 1. The van der Waals surface area contributed by atoms with Crippen LogP contribution in [0.25, 0.3) is 5.65 Å². The maximum absolute atomic E-state index is 12.1. The highest BCUT2D eigenvalue weighted by Crippen LogP contribution is 2.15. The van der Waals surface area contributed by atoms with Crippen molar-refractivity contribution in [3.63, 3.8) is 0 Å². The van der Waals surface area contributed by atoms with Crippen molar-refractivity contribution in [2.45, 2.75) is 26.9 Å². The molecule has 27 heavy (non-hydrogen) atoms. The number of ether oxygens (including phenoxy) is 2. The summed E-state index contributed by atoms with van der Waals surface area (Å²) in [5.74, 6) is 0.616. The lowest BCUT2D eigenvalue weighted by molar-refractivity contribution is 0.0944. The van der Waals surface area contributed by atoms with Gasteiger partial charge in [0.1, 0.15) is 18.0 Å². The van der Waals surface area contributed by atoms with Gasteiger partial charge in [-0.3, -0.25) is 4.79 Å². The highest BCUT2D eigenvalue weighted by Gasteiger charge is 2.07. The van der Waals surface area contributed by atoms with Gasteiger partial charge >= 0.3 is 0 Å². The van der Waals surface area contributed by atoms with Gasteiger partial charge in [0.15, 0.2) is 0 Å². The zero-order valence-electron chi connectivity index (χ0n) is 15.8. The van der Waals surface area contributed by atoms with Gasteiger partial charge in [-0.2, -0.15) is 0 Å². The smallest absolute Gasteiger partial charge is 0.251 e. The summed E-state index contributed by atoms with van der Waals surface area (Å²) in [6.07, 6.45) is 4.74. The normalized spacial score (nSPS) is 10.9. The van der Waals surface area contributed by atoms with Crippen molar-refractivity contribution in [3.8, 4) is 5.75 Å². The Morgan fingerprint density at radius 1 is 1.22 bits per heavy atom. The Kier molecular flexibility index (Phi) is 6.44. The molecule has 0 spiro atoms. The first kappa shape index (κ1) is 18.9. The van der Waals surface area contributed by atoms with Gasteiger partial charge in [-0.1, -0.05) is 6.07 Å². The van der Waals surface area contributed by atoms with E-state index in [2.05, 4.69) is 10.3 Å². The number of benzene rings is 1. The molecule has 0 bridgehead atoms. The standard InChI is InChI=1S/C21H25N3O3/c1-3-26-13-5-11-22-21(25)17-7-9-19(10-8-17)27-15-18-14-24-12-4-6-16(2)20(24)23-18/h4,6-10,12,14H,3,5,11,13,15H2,1-2H3,(H,22,25). The molecule has 0 unspecified atom stereocenters. The summed E-state index contributed by atoms with van der Waals surface area (Å²) in [5.41, 5.74) is 3.54. The number of aromatic nitrogens is 2. The SMILES string of the molecule is CCOCCCNC(=O)c1ccc(OCc2cn3cccc(C)c3n2)cc1. The van der Waals surface area contributed by atoms with Crippen LogP contribution in [0, 0.1) is 6.92 Å². The quantitative estimate of drug-likeness (QED) is 0.589. The van der Waals surface area contributed by atoms with Crippen LogP contribution in [0.3, 0.4) is 0 Å². The van der Waals surface area contributed by atoms with E-state index in [1.807, 2.05) is 42.8 Å². The molecule has 2 heterocycles. The molecular weight excluding hydrogens is 342 g/mol. The second-order valence-corrected chi connectivity index (χ2v) is 6.27. The number of amides is 1. The predicted octanol–water partition coefficient (Wildman–Crippen LogP) is 3.38. The molecule has 1 aromatic carbocycles. The van der Waals surface area contributed by atoms with E-state index in [1.165, 1.54) is 0 Å². The van der Waals surface area contributed by atoms with Crippen molar-refractivity contribution in [1.82, 2.24) is 14.7 Å². The zero-order chi connectivity index (χ0) is 19.1. The van der Waals surface area contributed by atoms with Gasteiger partial charge in [-0.15, -0.1) is 0 Å². The van der Waals surface area contributed by atoms with Crippen molar-refractivity contribution in [2.75, 3.05) is 19.8 Å². The van der Waals surface area contributed by atoms with E-state index in [4.69, 9.17) is 9.47 Å². The molecule has 6 nitrogen and oxygen atoms in total. The molecule has 0 radical (unpaired) electrons. The fourth-order valence-corrected chi connectivity index (χ4v) is 2.76. The summed E-state index contributed by atoms with van der Waals surface area (Å²) in [5, 5.41) is 2.88. The summed E-state index contributed by atoms with van der Waals surface area (Å²) in [6, 6.07) is 11.2. The Balaban J connectivity index is 1.51. The molecule has 2 aromatic heterocycles. The van der Waals surface area contributed by atoms with Crippen LogP contribution in [0.1, 0.15) is 35.0 Å². The molecule has 0 fully saturated rings. The van der Waals surface area contributed by atoms with E-state index in [0.29, 0.717) is 37.7 Å². The van der Waals surface area contributed by atoms with Crippen molar-refractivity contribution in [2.24, 2.45) is 0 Å². The minimum atomic E-state index is -0.0890. The molecule has 3 aromatic rings. The minimum absolute atomic E-state index is 0.0890. The van der Waals surface area contributed by atoms with Crippen molar-refractivity contribution >= 4 is 11.6 Å². The molecule has 6 heteroatoms. The van der Waals surface area contributed by atoms with Crippen LogP contribution in [0.15, 0.2) is 48.8 Å². The number of hydrogen-bond acceptors (Lipinski definition) is 4. The van der Waals surface area contributed by atoms with Crippen LogP contribution >= 0.6 is 0 Å². The third-order valence-electron chi connectivity index (χ3n) is 4.19. The minimum Gasteiger partial charge on any atom is -0.487 e. The fraction of sp³-hybridized carbons (Fsp3) is 0.333. The Morgan fingerprint density at radius 3 is 2.78 bits per heavy atom. The highest BCUT2D eigenvalue weighted by atomic mass is 16.5. The lowest BCUT2D eigenvalue weighted by Crippen LogP contribution is -2.25. The van der Waals surface area contributed by atoms with E-state index < -0.39 is 0 Å². The first-order chi connectivity index (χ1) is 13.2. The number of carbonyl (C=O) groups excluding carboxylic acids is 1. The largest absolute Gasteiger partial charge is 0.487 e. The molecule has 0 saturated heterocycles. The van der Waals surface area contributed by atoms with Gasteiger partial charge in [-0.25, -0.2) is 4.98 Å². The zero-order valence-corrected chi connectivity index (χ0v) is 15.8. The third kappa shape index (κ3) is 5.08. The lowest BCUT2D eigenvalue weighted by atomic mass is 10.2. The molecule has 1 N–H and O–H groups in total. The van der Waals surface area contributed by atoms with Gasteiger partial charge in [0, 0.05) is 37.7 Å². The van der Waals surface area contributed by atoms with Gasteiger partial charge in [0.2, 0.25) is 0 Å². The van der Waals surface area contributed by atoms with Crippen LogP contribution in [-0.2, 0) is 11.3 Å². The highest BCUT2D eigenvalue weighted by molar-refractivity contribution is 5.94. The molecule has 142 valence electrons. The number of rotatable bonds is 9. The number of imidazole rings is 1. The molecule has 0 aliphatic carbocycles. The van der Waals surface area contributed by atoms with Crippen LogP contribution in [0.4, 0.5) is 0 Å². The fourth-order valence-electron chi connectivity index (χ4n) is 2.76. The number of aryl methyl sites for hydroxylation is 1. The number of nitrogens with one attached hydrogen (secondary N) is 1. The molecule has 0 atom stereocenters. The average molecular weight is 367 g/mol.